The van der Waals surface area contributed by atoms with Crippen LogP contribution in [0, 0.1) is 30.6 Å². The third kappa shape index (κ3) is 6.78. The minimum atomic E-state index is -0.894. The third-order valence-corrected chi connectivity index (χ3v) is 10.0. The first-order valence-corrected chi connectivity index (χ1v) is 15.6. The number of aliphatic carboxylic acids is 2. The first-order chi connectivity index (χ1) is 20.4. The molecule has 43 heavy (non-hydrogen) atoms. The van der Waals surface area contributed by atoms with Crippen LogP contribution in [0.5, 0.6) is 0 Å². The third-order valence-electron chi connectivity index (χ3n) is 10.0. The molecule has 5 N–H and O–H groups in total. The summed E-state index contributed by atoms with van der Waals surface area (Å²) in [6.07, 6.45) is 5.30. The fraction of sp³-hybridized carbons (Fsp3) is 0.606. The normalized spacial score (nSPS) is 28.0. The first-order valence-electron chi connectivity index (χ1n) is 15.6. The number of aromatic amines is 1. The lowest BCUT2D eigenvalue weighted by atomic mass is 9.87. The summed E-state index contributed by atoms with van der Waals surface area (Å²) in [5, 5.41) is 25.2. The van der Waals surface area contributed by atoms with E-state index < -0.39 is 11.9 Å². The van der Waals surface area contributed by atoms with Gasteiger partial charge in [0.25, 0.3) is 0 Å². The number of rotatable bonds is 13. The Morgan fingerprint density at radius 2 is 1.56 bits per heavy atom. The van der Waals surface area contributed by atoms with E-state index >= 15 is 0 Å². The summed E-state index contributed by atoms with van der Waals surface area (Å²) >= 11 is 0. The van der Waals surface area contributed by atoms with Crippen LogP contribution in [0.1, 0.15) is 95.7 Å². The molecule has 0 radical (unpaired) electrons. The molecule has 0 aromatic carbocycles. The second-order valence-corrected chi connectivity index (χ2v) is 12.5. The number of H-pyrrole nitrogens is 1. The molecule has 4 rings (SSSR count). The van der Waals surface area contributed by atoms with Gasteiger partial charge in [0.2, 0.25) is 11.8 Å². The molecule has 10 heteroatoms. The Bertz CT molecular complexity index is 1390. The highest BCUT2D eigenvalue weighted by atomic mass is 16.4. The average Bonchev–Trinajstić information content (AvgIpc) is 3.59. The Kier molecular flexibility index (Phi) is 9.97. The standard InChI is InChI=1S/C33H46N4O6/c1-7-20-19(6)32(42)37-27(20)14-25-18(5)23(10-12-31(40)41)29(35-25)15-28-22(9-11-30(38)39)17(4)24(34-28)13-26-16(3)21(8-2)33(43)36-26/h15-16,19-21,26-27,35H,7-14H2,1-6H3,(H,36,43)(H,37,42)(H,38,39)(H,40,41)/b28-15-. The van der Waals surface area contributed by atoms with Gasteiger partial charge in [0.15, 0.2) is 0 Å². The van der Waals surface area contributed by atoms with Gasteiger partial charge < -0.3 is 25.8 Å². The van der Waals surface area contributed by atoms with E-state index in [4.69, 9.17) is 4.99 Å². The molecule has 0 spiro atoms. The number of amides is 2. The van der Waals surface area contributed by atoms with E-state index in [9.17, 15) is 29.4 Å². The number of nitrogens with zero attached hydrogens (tertiary/aromatic N) is 1. The summed E-state index contributed by atoms with van der Waals surface area (Å²) in [5.74, 6) is -1.38. The Balaban J connectivity index is 1.71. The average molecular weight is 595 g/mol. The molecule has 2 fully saturated rings. The molecule has 6 atom stereocenters. The highest BCUT2D eigenvalue weighted by Crippen LogP contribution is 2.37. The van der Waals surface area contributed by atoms with Crippen LogP contribution in [0.15, 0.2) is 21.8 Å². The number of carbonyl (C=O) groups is 4. The number of nitrogens with one attached hydrogen (secondary N) is 3. The van der Waals surface area contributed by atoms with Crippen LogP contribution in [0.25, 0.3) is 6.08 Å². The lowest BCUT2D eigenvalue weighted by molar-refractivity contribution is -0.138. The van der Waals surface area contributed by atoms with Crippen LogP contribution in [0.4, 0.5) is 0 Å². The fourth-order valence-electron chi connectivity index (χ4n) is 7.23. The van der Waals surface area contributed by atoms with Crippen LogP contribution in [0.2, 0.25) is 0 Å². The van der Waals surface area contributed by atoms with Crippen LogP contribution < -0.4 is 10.6 Å². The van der Waals surface area contributed by atoms with E-state index in [0.717, 1.165) is 52.2 Å². The van der Waals surface area contributed by atoms with E-state index in [1.165, 1.54) is 0 Å². The molecular formula is C33H46N4O6. The van der Waals surface area contributed by atoms with Crippen molar-refractivity contribution in [1.82, 2.24) is 15.6 Å². The molecule has 1 aromatic heterocycles. The predicted molar refractivity (Wildman–Crippen MR) is 165 cm³/mol. The monoisotopic (exact) mass is 594 g/mol. The van der Waals surface area contributed by atoms with Gasteiger partial charge in [-0.15, -0.1) is 0 Å². The van der Waals surface area contributed by atoms with Gasteiger partial charge >= 0.3 is 11.9 Å². The number of aliphatic imine (C=N–C) groups is 1. The number of aromatic nitrogens is 1. The van der Waals surface area contributed by atoms with Crippen molar-refractivity contribution >= 4 is 35.5 Å². The molecule has 4 heterocycles. The summed E-state index contributed by atoms with van der Waals surface area (Å²) in [5.41, 5.74) is 6.85. The molecule has 2 saturated heterocycles. The summed E-state index contributed by atoms with van der Waals surface area (Å²) < 4.78 is 0. The van der Waals surface area contributed by atoms with E-state index in [2.05, 4.69) is 29.5 Å². The van der Waals surface area contributed by atoms with Gasteiger partial charge in [-0.05, 0) is 73.3 Å². The molecule has 3 aliphatic heterocycles. The van der Waals surface area contributed by atoms with Gasteiger partial charge in [-0.3, -0.25) is 24.2 Å². The maximum atomic E-state index is 12.5. The predicted octanol–water partition coefficient (Wildman–Crippen LogP) is 4.57. The molecule has 0 saturated carbocycles. The summed E-state index contributed by atoms with van der Waals surface area (Å²) in [4.78, 5) is 56.5. The number of hydrogen-bond acceptors (Lipinski definition) is 5. The Labute approximate surface area is 253 Å². The molecule has 0 aliphatic carbocycles. The number of carbonyl (C=O) groups excluding carboxylic acids is 2. The molecule has 1 aromatic rings. The molecule has 3 aliphatic rings. The Morgan fingerprint density at radius 1 is 0.907 bits per heavy atom. The molecule has 2 amide bonds. The molecule has 234 valence electrons. The summed E-state index contributed by atoms with van der Waals surface area (Å²) in [6.45, 7) is 12.1. The van der Waals surface area contributed by atoms with E-state index in [-0.39, 0.29) is 60.4 Å². The highest BCUT2D eigenvalue weighted by molar-refractivity contribution is 6.06. The lowest BCUT2D eigenvalue weighted by Gasteiger charge is -2.19. The molecular weight excluding hydrogens is 548 g/mol. The summed E-state index contributed by atoms with van der Waals surface area (Å²) in [6, 6.07) is -0.0650. The van der Waals surface area contributed by atoms with Crippen molar-refractivity contribution in [2.24, 2.45) is 28.7 Å². The minimum Gasteiger partial charge on any atom is -0.481 e. The first kappa shape index (κ1) is 32.2. The van der Waals surface area contributed by atoms with Gasteiger partial charge in [-0.1, -0.05) is 34.1 Å². The van der Waals surface area contributed by atoms with E-state index in [1.807, 2.05) is 33.8 Å². The fourth-order valence-corrected chi connectivity index (χ4v) is 7.23. The van der Waals surface area contributed by atoms with Crippen LogP contribution >= 0.6 is 0 Å². The maximum Gasteiger partial charge on any atom is 0.303 e. The smallest absolute Gasteiger partial charge is 0.303 e. The second kappa shape index (κ2) is 13.3. The number of carboxylic acids is 2. The zero-order valence-electron chi connectivity index (χ0n) is 26.2. The Morgan fingerprint density at radius 3 is 2.16 bits per heavy atom. The highest BCUT2D eigenvalue weighted by Gasteiger charge is 2.40. The van der Waals surface area contributed by atoms with Gasteiger partial charge in [-0.2, -0.15) is 0 Å². The quantitative estimate of drug-likeness (QED) is 0.225. The van der Waals surface area contributed by atoms with Crippen LogP contribution in [0.3, 0.4) is 0 Å². The van der Waals surface area contributed by atoms with E-state index in [0.29, 0.717) is 31.4 Å². The van der Waals surface area contributed by atoms with Crippen molar-refractivity contribution < 1.29 is 29.4 Å². The van der Waals surface area contributed by atoms with Crippen molar-refractivity contribution in [2.45, 2.75) is 105 Å². The Hall–Kier alpha value is -3.69. The van der Waals surface area contributed by atoms with Crippen molar-refractivity contribution in [3.63, 3.8) is 0 Å². The van der Waals surface area contributed by atoms with Gasteiger partial charge in [-0.25, -0.2) is 0 Å². The van der Waals surface area contributed by atoms with Crippen LogP contribution in [-0.2, 0) is 32.0 Å². The maximum absolute atomic E-state index is 12.5. The van der Waals surface area contributed by atoms with Crippen molar-refractivity contribution in [3.05, 3.63) is 39.4 Å². The zero-order valence-corrected chi connectivity index (χ0v) is 26.2. The van der Waals surface area contributed by atoms with Gasteiger partial charge in [0.1, 0.15) is 0 Å². The molecule has 6 unspecified atom stereocenters. The zero-order chi connectivity index (χ0) is 31.6. The molecule has 10 nitrogen and oxygen atoms in total. The van der Waals surface area contributed by atoms with Crippen LogP contribution in [-0.4, -0.2) is 56.7 Å². The largest absolute Gasteiger partial charge is 0.481 e. The summed E-state index contributed by atoms with van der Waals surface area (Å²) in [7, 11) is 0. The van der Waals surface area contributed by atoms with Gasteiger partial charge in [0.05, 0.1) is 5.70 Å². The van der Waals surface area contributed by atoms with Gasteiger partial charge in [0, 0.05) is 66.7 Å². The number of carboxylic acid groups (broad SMARTS) is 2. The SMILES string of the molecule is CCC1C(=O)NC(CC2=N/C(=C\c3[nH]c(CC4NC(=O)C(C)C4CC)c(C)c3CCC(=O)O)C(CCC(=O)O)=C2C)C1C. The number of allylic oxidation sites excluding steroid dienone is 2. The van der Waals surface area contributed by atoms with Crippen molar-refractivity contribution in [1.29, 1.82) is 0 Å². The van der Waals surface area contributed by atoms with Crippen molar-refractivity contribution in [2.75, 3.05) is 0 Å². The number of hydrogen-bond donors (Lipinski definition) is 5. The molecule has 0 bridgehead atoms. The topological polar surface area (TPSA) is 161 Å². The lowest BCUT2D eigenvalue weighted by Crippen LogP contribution is -2.31. The second-order valence-electron chi connectivity index (χ2n) is 12.5. The van der Waals surface area contributed by atoms with E-state index in [1.54, 1.807) is 0 Å². The minimum absolute atomic E-state index is 0.0161. The van der Waals surface area contributed by atoms with Crippen molar-refractivity contribution in [3.8, 4) is 0 Å².